The Labute approximate surface area is 206 Å². The van der Waals surface area contributed by atoms with Crippen molar-refractivity contribution in [2.75, 3.05) is 7.11 Å². The number of nitriles is 1. The van der Waals surface area contributed by atoms with E-state index in [0.29, 0.717) is 22.6 Å². The molecule has 0 N–H and O–H groups in total. The standard InChI is InChI=1S/C31H42FNO/c1-4-6-7-8-9-10-12-25-17-20-29(31(34-3)30(25)32)28-19-18-26(21-27(28)22-33)24-15-13-23(11-5-2)14-16-24/h17-21,23-24H,4-16H2,1-3H3. The predicted molar refractivity (Wildman–Crippen MR) is 140 cm³/mol. The van der Waals surface area contributed by atoms with Crippen molar-refractivity contribution in [2.45, 2.75) is 103 Å². The first kappa shape index (κ1) is 26.3. The number of aryl methyl sites for hydroxylation is 1. The molecule has 0 aliphatic heterocycles. The summed E-state index contributed by atoms with van der Waals surface area (Å²) >= 11 is 0. The Kier molecular flexibility index (Phi) is 10.4. The molecule has 1 fully saturated rings. The summed E-state index contributed by atoms with van der Waals surface area (Å²) in [5.41, 5.74) is 3.98. The Morgan fingerprint density at radius 1 is 0.912 bits per heavy atom. The molecule has 0 bridgehead atoms. The number of halogens is 1. The van der Waals surface area contributed by atoms with E-state index in [9.17, 15) is 5.26 Å². The molecule has 0 spiro atoms. The third kappa shape index (κ3) is 6.62. The van der Waals surface area contributed by atoms with Crippen molar-refractivity contribution in [2.24, 2.45) is 5.92 Å². The zero-order valence-corrected chi connectivity index (χ0v) is 21.5. The van der Waals surface area contributed by atoms with Crippen molar-refractivity contribution in [1.82, 2.24) is 0 Å². The highest BCUT2D eigenvalue weighted by Crippen LogP contribution is 2.41. The first-order valence-corrected chi connectivity index (χ1v) is 13.5. The van der Waals surface area contributed by atoms with Gasteiger partial charge in [0, 0.05) is 11.1 Å². The molecule has 1 aliphatic rings. The fourth-order valence-electron chi connectivity index (χ4n) is 5.63. The van der Waals surface area contributed by atoms with Gasteiger partial charge in [-0.3, -0.25) is 0 Å². The van der Waals surface area contributed by atoms with Gasteiger partial charge in [-0.1, -0.05) is 83.1 Å². The molecule has 0 aromatic heterocycles. The van der Waals surface area contributed by atoms with Gasteiger partial charge in [0.2, 0.25) is 0 Å². The topological polar surface area (TPSA) is 33.0 Å². The number of unbranched alkanes of at least 4 members (excludes halogenated alkanes) is 5. The molecule has 0 radical (unpaired) electrons. The molecule has 0 unspecified atom stereocenters. The van der Waals surface area contributed by atoms with Gasteiger partial charge < -0.3 is 4.74 Å². The van der Waals surface area contributed by atoms with E-state index in [4.69, 9.17) is 4.74 Å². The van der Waals surface area contributed by atoms with Gasteiger partial charge in [-0.15, -0.1) is 0 Å². The fourth-order valence-corrected chi connectivity index (χ4v) is 5.63. The van der Waals surface area contributed by atoms with Crippen LogP contribution in [0.4, 0.5) is 4.39 Å². The molecule has 0 atom stereocenters. The molecule has 0 heterocycles. The van der Waals surface area contributed by atoms with Gasteiger partial charge in [-0.2, -0.15) is 5.26 Å². The number of rotatable bonds is 12. The third-order valence-corrected chi connectivity index (χ3v) is 7.65. The van der Waals surface area contributed by atoms with Crippen LogP contribution in [0.3, 0.4) is 0 Å². The normalized spacial score (nSPS) is 18.0. The first-order valence-electron chi connectivity index (χ1n) is 13.5. The van der Waals surface area contributed by atoms with E-state index in [1.165, 1.54) is 76.9 Å². The number of benzene rings is 2. The van der Waals surface area contributed by atoms with Crippen LogP contribution in [-0.4, -0.2) is 7.11 Å². The fraction of sp³-hybridized carbons (Fsp3) is 0.581. The highest BCUT2D eigenvalue weighted by molar-refractivity contribution is 5.77. The van der Waals surface area contributed by atoms with Gasteiger partial charge in [0.05, 0.1) is 18.7 Å². The molecule has 0 amide bonds. The zero-order chi connectivity index (χ0) is 24.3. The van der Waals surface area contributed by atoms with Gasteiger partial charge >= 0.3 is 0 Å². The maximum absolute atomic E-state index is 15.3. The van der Waals surface area contributed by atoms with Crippen molar-refractivity contribution in [3.8, 4) is 22.9 Å². The molecule has 2 nitrogen and oxygen atoms in total. The molecule has 2 aromatic carbocycles. The van der Waals surface area contributed by atoms with Crippen molar-refractivity contribution in [1.29, 1.82) is 5.26 Å². The predicted octanol–water partition coefficient (Wildman–Crippen LogP) is 9.35. The Balaban J connectivity index is 1.75. The Morgan fingerprint density at radius 2 is 1.62 bits per heavy atom. The minimum absolute atomic E-state index is 0.257. The lowest BCUT2D eigenvalue weighted by Gasteiger charge is -2.29. The van der Waals surface area contributed by atoms with Crippen LogP contribution in [0.1, 0.15) is 114 Å². The van der Waals surface area contributed by atoms with Crippen LogP contribution in [0, 0.1) is 23.1 Å². The van der Waals surface area contributed by atoms with E-state index >= 15 is 4.39 Å². The maximum atomic E-state index is 15.3. The van der Waals surface area contributed by atoms with E-state index in [0.717, 1.165) is 30.7 Å². The number of hydrogen-bond acceptors (Lipinski definition) is 2. The lowest BCUT2D eigenvalue weighted by Crippen LogP contribution is -2.13. The summed E-state index contributed by atoms with van der Waals surface area (Å²) in [5.74, 6) is 1.36. The van der Waals surface area contributed by atoms with Crippen LogP contribution in [0.2, 0.25) is 0 Å². The Bertz CT molecular complexity index is 953. The molecule has 2 aromatic rings. The van der Waals surface area contributed by atoms with E-state index < -0.39 is 0 Å². The number of methoxy groups -OCH3 is 1. The molecule has 3 heteroatoms. The maximum Gasteiger partial charge on any atom is 0.168 e. The van der Waals surface area contributed by atoms with Gasteiger partial charge in [0.15, 0.2) is 11.6 Å². The SMILES string of the molecule is CCCCCCCCc1ccc(-c2ccc(C3CCC(CCC)CC3)cc2C#N)c(OC)c1F. The molecule has 1 saturated carbocycles. The second-order valence-electron chi connectivity index (χ2n) is 10.1. The van der Waals surface area contributed by atoms with Crippen molar-refractivity contribution >= 4 is 0 Å². The van der Waals surface area contributed by atoms with Crippen LogP contribution < -0.4 is 4.74 Å². The van der Waals surface area contributed by atoms with Gasteiger partial charge in [-0.05, 0) is 67.6 Å². The number of hydrogen-bond donors (Lipinski definition) is 0. The third-order valence-electron chi connectivity index (χ3n) is 7.65. The summed E-state index contributed by atoms with van der Waals surface area (Å²) in [5, 5.41) is 9.92. The van der Waals surface area contributed by atoms with Crippen LogP contribution in [0.25, 0.3) is 11.1 Å². The molecule has 0 saturated heterocycles. The molecule has 1 aliphatic carbocycles. The zero-order valence-electron chi connectivity index (χ0n) is 21.5. The van der Waals surface area contributed by atoms with Crippen molar-refractivity contribution in [3.05, 3.63) is 52.8 Å². The van der Waals surface area contributed by atoms with E-state index in [-0.39, 0.29) is 11.6 Å². The van der Waals surface area contributed by atoms with Crippen LogP contribution in [0.5, 0.6) is 5.75 Å². The van der Waals surface area contributed by atoms with Gasteiger partial charge in [0.25, 0.3) is 0 Å². The molecular formula is C31H42FNO. The lowest BCUT2D eigenvalue weighted by atomic mass is 9.76. The van der Waals surface area contributed by atoms with E-state index in [2.05, 4.69) is 26.0 Å². The average molecular weight is 464 g/mol. The summed E-state index contributed by atoms with van der Waals surface area (Å²) in [6, 6.07) is 12.3. The minimum Gasteiger partial charge on any atom is -0.493 e. The van der Waals surface area contributed by atoms with Crippen molar-refractivity contribution in [3.63, 3.8) is 0 Å². The second kappa shape index (κ2) is 13.5. The molecular weight excluding hydrogens is 421 g/mol. The summed E-state index contributed by atoms with van der Waals surface area (Å²) in [6.45, 7) is 4.48. The summed E-state index contributed by atoms with van der Waals surface area (Å²) < 4.78 is 20.9. The van der Waals surface area contributed by atoms with Crippen LogP contribution >= 0.6 is 0 Å². The highest BCUT2D eigenvalue weighted by Gasteiger charge is 2.23. The van der Waals surface area contributed by atoms with Crippen LogP contribution in [0.15, 0.2) is 30.3 Å². The largest absolute Gasteiger partial charge is 0.493 e. The quantitative estimate of drug-likeness (QED) is 0.294. The molecule has 184 valence electrons. The van der Waals surface area contributed by atoms with Gasteiger partial charge in [0.1, 0.15) is 0 Å². The van der Waals surface area contributed by atoms with E-state index in [1.54, 1.807) is 0 Å². The molecule has 34 heavy (non-hydrogen) atoms. The summed E-state index contributed by atoms with van der Waals surface area (Å²) in [6.07, 6.45) is 15.4. The van der Waals surface area contributed by atoms with E-state index in [1.807, 2.05) is 24.3 Å². The Morgan fingerprint density at radius 3 is 2.29 bits per heavy atom. The van der Waals surface area contributed by atoms with Crippen molar-refractivity contribution < 1.29 is 9.13 Å². The Hall–Kier alpha value is -2.34. The summed E-state index contributed by atoms with van der Waals surface area (Å²) in [7, 11) is 1.52. The number of ether oxygens (including phenoxy) is 1. The lowest BCUT2D eigenvalue weighted by molar-refractivity contribution is 0.308. The first-order chi connectivity index (χ1) is 16.6. The monoisotopic (exact) mass is 463 g/mol. The van der Waals surface area contributed by atoms with Crippen LogP contribution in [-0.2, 0) is 6.42 Å². The number of nitrogens with zero attached hydrogens (tertiary/aromatic N) is 1. The highest BCUT2D eigenvalue weighted by atomic mass is 19.1. The van der Waals surface area contributed by atoms with Gasteiger partial charge in [-0.25, -0.2) is 4.39 Å². The smallest absolute Gasteiger partial charge is 0.168 e. The summed E-state index contributed by atoms with van der Waals surface area (Å²) in [4.78, 5) is 0. The average Bonchev–Trinajstić information content (AvgIpc) is 2.87. The second-order valence-corrected chi connectivity index (χ2v) is 10.1. The molecule has 3 rings (SSSR count). The minimum atomic E-state index is -0.282.